The first-order valence-electron chi connectivity index (χ1n) is 3.62. The third-order valence-electron chi connectivity index (χ3n) is 1.34. The van der Waals surface area contributed by atoms with E-state index in [4.69, 9.17) is 12.2 Å². The highest BCUT2D eigenvalue weighted by atomic mass is 32.1. The van der Waals surface area contributed by atoms with Crippen molar-refractivity contribution in [2.24, 2.45) is 0 Å². The Morgan fingerprint density at radius 1 is 1.75 bits per heavy atom. The monoisotopic (exact) mass is 185 g/mol. The average Bonchev–Trinajstić information content (AvgIpc) is 2.57. The predicted molar refractivity (Wildman–Crippen MR) is 49.7 cm³/mol. The van der Waals surface area contributed by atoms with E-state index in [1.807, 2.05) is 0 Å². The molecule has 1 rings (SSSR count). The number of nitrogens with one attached hydrogen (secondary N) is 3. The molecule has 0 aromatic carbocycles. The smallest absolute Gasteiger partial charge is 0.166 e. The fourth-order valence-electron chi connectivity index (χ4n) is 0.734. The van der Waals surface area contributed by atoms with E-state index in [2.05, 4.69) is 25.8 Å². The third-order valence-corrected chi connectivity index (χ3v) is 1.69. The van der Waals surface area contributed by atoms with Gasteiger partial charge in [-0.3, -0.25) is 5.10 Å². The maximum absolute atomic E-state index is 4.88. The van der Waals surface area contributed by atoms with E-state index >= 15 is 0 Å². The molecule has 5 nitrogen and oxygen atoms in total. The molecule has 1 aromatic heterocycles. The van der Waals surface area contributed by atoms with Crippen LogP contribution < -0.4 is 10.6 Å². The molecule has 0 aliphatic carbocycles. The summed E-state index contributed by atoms with van der Waals surface area (Å²) in [4.78, 5) is 3.97. The second-order valence-electron chi connectivity index (χ2n) is 2.19. The van der Waals surface area contributed by atoms with E-state index in [1.165, 1.54) is 6.33 Å². The number of nitrogens with zero attached hydrogens (tertiary/aromatic N) is 2. The van der Waals surface area contributed by atoms with Crippen LogP contribution in [0.2, 0.25) is 0 Å². The highest BCUT2D eigenvalue weighted by molar-refractivity contribution is 7.80. The van der Waals surface area contributed by atoms with E-state index < -0.39 is 0 Å². The molecule has 12 heavy (non-hydrogen) atoms. The van der Waals surface area contributed by atoms with Gasteiger partial charge in [-0.1, -0.05) is 0 Å². The van der Waals surface area contributed by atoms with Crippen LogP contribution >= 0.6 is 12.2 Å². The average molecular weight is 185 g/mol. The number of H-pyrrole nitrogens is 1. The van der Waals surface area contributed by atoms with Gasteiger partial charge in [0.2, 0.25) is 0 Å². The van der Waals surface area contributed by atoms with Gasteiger partial charge >= 0.3 is 0 Å². The normalized spacial score (nSPS) is 9.42. The minimum atomic E-state index is 0.648. The van der Waals surface area contributed by atoms with Gasteiger partial charge in [-0.25, -0.2) is 4.98 Å². The van der Waals surface area contributed by atoms with Gasteiger partial charge in [-0.2, -0.15) is 5.10 Å². The van der Waals surface area contributed by atoms with Crippen LogP contribution in [-0.2, 0) is 6.42 Å². The van der Waals surface area contributed by atoms with Gasteiger partial charge in [0.1, 0.15) is 12.2 Å². The van der Waals surface area contributed by atoms with Gasteiger partial charge in [0.15, 0.2) is 5.11 Å². The molecule has 1 aromatic rings. The number of thiocarbonyl (C=S) groups is 1. The molecule has 0 unspecified atom stereocenters. The van der Waals surface area contributed by atoms with Crippen molar-refractivity contribution in [1.29, 1.82) is 0 Å². The maximum Gasteiger partial charge on any atom is 0.166 e. The Bertz CT molecular complexity index is 232. The molecule has 0 saturated heterocycles. The number of hydrogen-bond acceptors (Lipinski definition) is 3. The fraction of sp³-hybridized carbons (Fsp3) is 0.500. The standard InChI is InChI=1S/C6H11N5S/c1-7-6(12)8-3-2-5-9-4-10-11-5/h4H,2-3H2,1H3,(H2,7,8,12)(H,9,10,11). The molecule has 0 atom stereocenters. The Morgan fingerprint density at radius 2 is 2.58 bits per heavy atom. The summed E-state index contributed by atoms with van der Waals surface area (Å²) in [5.74, 6) is 0.862. The van der Waals surface area contributed by atoms with E-state index in [-0.39, 0.29) is 0 Å². The molecule has 1 heterocycles. The molecular weight excluding hydrogens is 174 g/mol. The van der Waals surface area contributed by atoms with E-state index in [1.54, 1.807) is 7.05 Å². The molecule has 0 aliphatic heterocycles. The minimum Gasteiger partial charge on any atom is -0.366 e. The van der Waals surface area contributed by atoms with Gasteiger partial charge in [0.05, 0.1) is 0 Å². The molecule has 0 saturated carbocycles. The van der Waals surface area contributed by atoms with Gasteiger partial charge in [-0.05, 0) is 12.2 Å². The zero-order chi connectivity index (χ0) is 8.81. The summed E-state index contributed by atoms with van der Waals surface area (Å²) in [7, 11) is 1.78. The summed E-state index contributed by atoms with van der Waals surface area (Å²) in [6, 6.07) is 0. The summed E-state index contributed by atoms with van der Waals surface area (Å²) in [6.07, 6.45) is 2.29. The quantitative estimate of drug-likeness (QED) is 0.551. The highest BCUT2D eigenvalue weighted by Crippen LogP contribution is 1.84. The lowest BCUT2D eigenvalue weighted by molar-refractivity contribution is 0.804. The number of hydrogen-bond donors (Lipinski definition) is 3. The van der Waals surface area contributed by atoms with Gasteiger partial charge in [-0.15, -0.1) is 0 Å². The summed E-state index contributed by atoms with van der Waals surface area (Å²) in [5, 5.41) is 13.0. The minimum absolute atomic E-state index is 0.648. The molecule has 0 fully saturated rings. The first kappa shape index (κ1) is 8.92. The Morgan fingerprint density at radius 3 is 3.17 bits per heavy atom. The second kappa shape index (κ2) is 4.66. The molecule has 0 bridgehead atoms. The van der Waals surface area contributed by atoms with Crippen molar-refractivity contribution in [3.8, 4) is 0 Å². The van der Waals surface area contributed by atoms with Crippen LogP contribution in [0.1, 0.15) is 5.82 Å². The van der Waals surface area contributed by atoms with Crippen molar-refractivity contribution in [2.75, 3.05) is 13.6 Å². The number of rotatable bonds is 3. The van der Waals surface area contributed by atoms with Crippen LogP contribution in [0.5, 0.6) is 0 Å². The summed E-state index contributed by atoms with van der Waals surface area (Å²) in [5.41, 5.74) is 0. The largest absolute Gasteiger partial charge is 0.366 e. The van der Waals surface area contributed by atoms with Crippen LogP contribution in [-0.4, -0.2) is 33.9 Å². The van der Waals surface area contributed by atoms with Crippen molar-refractivity contribution in [1.82, 2.24) is 25.8 Å². The summed E-state index contributed by atoms with van der Waals surface area (Å²) >= 11 is 4.88. The Labute approximate surface area is 76.0 Å². The third kappa shape index (κ3) is 2.83. The Kier molecular flexibility index (Phi) is 3.46. The molecule has 66 valence electrons. The van der Waals surface area contributed by atoms with Crippen LogP contribution in [0.3, 0.4) is 0 Å². The molecule has 0 aliphatic rings. The van der Waals surface area contributed by atoms with Gasteiger partial charge in [0.25, 0.3) is 0 Å². The topological polar surface area (TPSA) is 65.6 Å². The highest BCUT2D eigenvalue weighted by Gasteiger charge is 1.95. The van der Waals surface area contributed by atoms with Crippen LogP contribution in [0.25, 0.3) is 0 Å². The molecule has 3 N–H and O–H groups in total. The van der Waals surface area contributed by atoms with E-state index in [0.29, 0.717) is 5.11 Å². The first-order valence-corrected chi connectivity index (χ1v) is 4.03. The molecule has 0 amide bonds. The zero-order valence-electron chi connectivity index (χ0n) is 6.79. The van der Waals surface area contributed by atoms with Gasteiger partial charge in [0, 0.05) is 20.0 Å². The SMILES string of the molecule is CNC(=S)NCCc1ncn[nH]1. The van der Waals surface area contributed by atoms with Crippen LogP contribution in [0, 0.1) is 0 Å². The summed E-state index contributed by atoms with van der Waals surface area (Å²) < 4.78 is 0. The fourth-order valence-corrected chi connectivity index (χ4v) is 0.836. The maximum atomic E-state index is 4.88. The van der Waals surface area contributed by atoms with Crippen LogP contribution in [0.15, 0.2) is 6.33 Å². The van der Waals surface area contributed by atoms with E-state index in [0.717, 1.165) is 18.8 Å². The predicted octanol–water partition coefficient (Wildman–Crippen LogP) is -0.559. The van der Waals surface area contributed by atoms with Crippen molar-refractivity contribution < 1.29 is 0 Å². The zero-order valence-corrected chi connectivity index (χ0v) is 7.61. The summed E-state index contributed by atoms with van der Waals surface area (Å²) in [6.45, 7) is 0.759. The van der Waals surface area contributed by atoms with Crippen LogP contribution in [0.4, 0.5) is 0 Å². The van der Waals surface area contributed by atoms with Crippen molar-refractivity contribution in [2.45, 2.75) is 6.42 Å². The number of aromatic amines is 1. The molecular formula is C6H11N5S. The lowest BCUT2D eigenvalue weighted by Crippen LogP contribution is -2.33. The molecule has 0 radical (unpaired) electrons. The first-order chi connectivity index (χ1) is 5.83. The lowest BCUT2D eigenvalue weighted by atomic mass is 10.4. The second-order valence-corrected chi connectivity index (χ2v) is 2.60. The molecule has 0 spiro atoms. The van der Waals surface area contributed by atoms with Crippen molar-refractivity contribution >= 4 is 17.3 Å². The molecule has 6 heteroatoms. The number of aromatic nitrogens is 3. The van der Waals surface area contributed by atoms with Crippen molar-refractivity contribution in [3.63, 3.8) is 0 Å². The van der Waals surface area contributed by atoms with Gasteiger partial charge < -0.3 is 10.6 Å². The van der Waals surface area contributed by atoms with Crippen molar-refractivity contribution in [3.05, 3.63) is 12.2 Å². The Balaban J connectivity index is 2.15. The Hall–Kier alpha value is -1.17. The van der Waals surface area contributed by atoms with E-state index in [9.17, 15) is 0 Å². The lowest BCUT2D eigenvalue weighted by Gasteiger charge is -2.04.